The minimum Gasteiger partial charge on any atom is -0.373 e. The normalized spacial score (nSPS) is 15.8. The number of carbonyl (C=O) groups excluding carboxylic acids is 2. The molecule has 2 heterocycles. The standard InChI is InChI=1S/C12H15N3O2/c1-13-11-3-2-9(8-14-11)12(17)15-6-4-10(16)5-7-15/h2-3,8H,4-7H2,1H3,(H,13,14). The number of carbonyl (C=O) groups is 2. The van der Waals surface area contributed by atoms with Gasteiger partial charge in [-0.25, -0.2) is 4.98 Å². The molecule has 5 heteroatoms. The van der Waals surface area contributed by atoms with Gasteiger partial charge in [0.25, 0.3) is 5.91 Å². The monoisotopic (exact) mass is 233 g/mol. The highest BCUT2D eigenvalue weighted by Crippen LogP contribution is 2.12. The van der Waals surface area contributed by atoms with E-state index in [0.29, 0.717) is 31.5 Å². The molecule has 0 atom stereocenters. The lowest BCUT2D eigenvalue weighted by atomic mass is 10.1. The van der Waals surface area contributed by atoms with E-state index in [4.69, 9.17) is 0 Å². The van der Waals surface area contributed by atoms with Crippen molar-refractivity contribution < 1.29 is 9.59 Å². The van der Waals surface area contributed by atoms with Gasteiger partial charge in [-0.15, -0.1) is 0 Å². The molecule has 0 aromatic carbocycles. The summed E-state index contributed by atoms with van der Waals surface area (Å²) in [7, 11) is 1.78. The van der Waals surface area contributed by atoms with Crippen LogP contribution in [0.4, 0.5) is 5.82 Å². The Morgan fingerprint density at radius 3 is 2.59 bits per heavy atom. The van der Waals surface area contributed by atoms with Crippen molar-refractivity contribution in [1.82, 2.24) is 9.88 Å². The van der Waals surface area contributed by atoms with Gasteiger partial charge in [0.1, 0.15) is 11.6 Å². The fourth-order valence-electron chi connectivity index (χ4n) is 1.81. The van der Waals surface area contributed by atoms with Gasteiger partial charge in [-0.05, 0) is 12.1 Å². The van der Waals surface area contributed by atoms with Crippen LogP contribution in [0.2, 0.25) is 0 Å². The SMILES string of the molecule is CNc1ccc(C(=O)N2CCC(=O)CC2)cn1. The maximum absolute atomic E-state index is 12.1. The van der Waals surface area contributed by atoms with E-state index < -0.39 is 0 Å². The Morgan fingerprint density at radius 2 is 2.06 bits per heavy atom. The molecule has 2 rings (SSSR count). The summed E-state index contributed by atoms with van der Waals surface area (Å²) < 4.78 is 0. The summed E-state index contributed by atoms with van der Waals surface area (Å²) in [5.74, 6) is 0.917. The van der Waals surface area contributed by atoms with Crippen LogP contribution in [0.15, 0.2) is 18.3 Å². The van der Waals surface area contributed by atoms with Crippen molar-refractivity contribution in [1.29, 1.82) is 0 Å². The number of hydrogen-bond donors (Lipinski definition) is 1. The molecule has 5 nitrogen and oxygen atoms in total. The number of pyridine rings is 1. The summed E-state index contributed by atoms with van der Waals surface area (Å²) in [6.07, 6.45) is 2.49. The molecule has 90 valence electrons. The molecule has 1 aromatic rings. The maximum atomic E-state index is 12.1. The Hall–Kier alpha value is -1.91. The van der Waals surface area contributed by atoms with Gasteiger partial charge in [0, 0.05) is 39.2 Å². The third kappa shape index (κ3) is 2.61. The number of Topliss-reactive ketones (excluding diaryl/α,β-unsaturated/α-hetero) is 1. The zero-order valence-electron chi connectivity index (χ0n) is 9.77. The maximum Gasteiger partial charge on any atom is 0.255 e. The predicted octanol–water partition coefficient (Wildman–Crippen LogP) is 0.928. The van der Waals surface area contributed by atoms with Crippen molar-refractivity contribution in [2.75, 3.05) is 25.5 Å². The molecule has 0 spiro atoms. The van der Waals surface area contributed by atoms with E-state index in [0.717, 1.165) is 5.82 Å². The molecular formula is C12H15N3O2. The highest BCUT2D eigenvalue weighted by Gasteiger charge is 2.21. The summed E-state index contributed by atoms with van der Waals surface area (Å²) in [6, 6.07) is 3.51. The first-order valence-corrected chi connectivity index (χ1v) is 5.65. The lowest BCUT2D eigenvalue weighted by Gasteiger charge is -2.25. The number of nitrogens with one attached hydrogen (secondary N) is 1. The van der Waals surface area contributed by atoms with E-state index in [-0.39, 0.29) is 11.7 Å². The fraction of sp³-hybridized carbons (Fsp3) is 0.417. The van der Waals surface area contributed by atoms with Crippen LogP contribution < -0.4 is 5.32 Å². The van der Waals surface area contributed by atoms with Gasteiger partial charge in [0.05, 0.1) is 5.56 Å². The van der Waals surface area contributed by atoms with Crippen LogP contribution >= 0.6 is 0 Å². The summed E-state index contributed by atoms with van der Waals surface area (Å²) in [5, 5.41) is 2.90. The number of ketones is 1. The molecule has 1 fully saturated rings. The van der Waals surface area contributed by atoms with E-state index in [1.165, 1.54) is 0 Å². The molecule has 0 bridgehead atoms. The lowest BCUT2D eigenvalue weighted by molar-refractivity contribution is -0.120. The van der Waals surface area contributed by atoms with Crippen LogP contribution in [0.5, 0.6) is 0 Å². The number of aromatic nitrogens is 1. The molecule has 1 saturated heterocycles. The van der Waals surface area contributed by atoms with E-state index in [9.17, 15) is 9.59 Å². The molecule has 0 radical (unpaired) electrons. The molecule has 17 heavy (non-hydrogen) atoms. The zero-order chi connectivity index (χ0) is 12.3. The van der Waals surface area contributed by atoms with E-state index in [2.05, 4.69) is 10.3 Å². The fourth-order valence-corrected chi connectivity index (χ4v) is 1.81. The molecule has 0 unspecified atom stereocenters. The van der Waals surface area contributed by atoms with Gasteiger partial charge in [0.15, 0.2) is 0 Å². The Balaban J connectivity index is 2.05. The number of likely N-dealkylation sites (tertiary alicyclic amines) is 1. The van der Waals surface area contributed by atoms with Gasteiger partial charge in [-0.3, -0.25) is 9.59 Å². The average Bonchev–Trinajstić information content (AvgIpc) is 2.39. The van der Waals surface area contributed by atoms with Gasteiger partial charge in [0.2, 0.25) is 0 Å². The topological polar surface area (TPSA) is 62.3 Å². The third-order valence-electron chi connectivity index (χ3n) is 2.87. The molecule has 1 aliphatic rings. The molecule has 1 amide bonds. The summed E-state index contributed by atoms with van der Waals surface area (Å²) in [6.45, 7) is 1.04. The molecular weight excluding hydrogens is 218 g/mol. The Morgan fingerprint density at radius 1 is 1.35 bits per heavy atom. The van der Waals surface area contributed by atoms with E-state index >= 15 is 0 Å². The average molecular weight is 233 g/mol. The van der Waals surface area contributed by atoms with Crippen molar-refractivity contribution in [3.05, 3.63) is 23.9 Å². The highest BCUT2D eigenvalue weighted by molar-refractivity contribution is 5.95. The number of rotatable bonds is 2. The number of amides is 1. The van der Waals surface area contributed by atoms with Crippen LogP contribution in [-0.2, 0) is 4.79 Å². The van der Waals surface area contributed by atoms with Crippen LogP contribution in [0.3, 0.4) is 0 Å². The van der Waals surface area contributed by atoms with Crippen LogP contribution in [-0.4, -0.2) is 41.7 Å². The van der Waals surface area contributed by atoms with E-state index in [1.54, 1.807) is 30.3 Å². The van der Waals surface area contributed by atoms with Gasteiger partial charge in [-0.2, -0.15) is 0 Å². The molecule has 0 saturated carbocycles. The zero-order valence-corrected chi connectivity index (χ0v) is 9.77. The second kappa shape index (κ2) is 4.95. The number of hydrogen-bond acceptors (Lipinski definition) is 4. The first-order chi connectivity index (χ1) is 8.20. The van der Waals surface area contributed by atoms with Gasteiger partial charge in [-0.1, -0.05) is 0 Å². The lowest BCUT2D eigenvalue weighted by Crippen LogP contribution is -2.38. The summed E-state index contributed by atoms with van der Waals surface area (Å²) in [5.41, 5.74) is 0.568. The van der Waals surface area contributed by atoms with Crippen molar-refractivity contribution in [2.24, 2.45) is 0 Å². The largest absolute Gasteiger partial charge is 0.373 e. The van der Waals surface area contributed by atoms with Crippen molar-refractivity contribution in [2.45, 2.75) is 12.8 Å². The van der Waals surface area contributed by atoms with Crippen LogP contribution in [0, 0.1) is 0 Å². The first-order valence-electron chi connectivity index (χ1n) is 5.65. The highest BCUT2D eigenvalue weighted by atomic mass is 16.2. The number of piperidine rings is 1. The molecule has 1 N–H and O–H groups in total. The Labute approximate surface area is 99.8 Å². The number of nitrogens with zero attached hydrogens (tertiary/aromatic N) is 2. The Bertz CT molecular complexity index is 418. The second-order valence-electron chi connectivity index (χ2n) is 4.01. The van der Waals surface area contributed by atoms with Crippen LogP contribution in [0.1, 0.15) is 23.2 Å². The first kappa shape index (κ1) is 11.6. The minimum absolute atomic E-state index is 0.0485. The van der Waals surface area contributed by atoms with Gasteiger partial charge >= 0.3 is 0 Å². The van der Waals surface area contributed by atoms with Crippen molar-refractivity contribution in [3.63, 3.8) is 0 Å². The molecule has 0 aliphatic carbocycles. The Kier molecular flexibility index (Phi) is 3.37. The quantitative estimate of drug-likeness (QED) is 0.825. The number of anilines is 1. The summed E-state index contributed by atoms with van der Waals surface area (Å²) in [4.78, 5) is 29.0. The molecule has 1 aliphatic heterocycles. The van der Waals surface area contributed by atoms with Crippen molar-refractivity contribution >= 4 is 17.5 Å². The van der Waals surface area contributed by atoms with E-state index in [1.807, 2.05) is 0 Å². The molecule has 1 aromatic heterocycles. The predicted molar refractivity (Wildman–Crippen MR) is 63.9 cm³/mol. The third-order valence-corrected chi connectivity index (χ3v) is 2.87. The smallest absolute Gasteiger partial charge is 0.255 e. The summed E-state index contributed by atoms with van der Waals surface area (Å²) >= 11 is 0. The van der Waals surface area contributed by atoms with Gasteiger partial charge < -0.3 is 10.2 Å². The minimum atomic E-state index is -0.0485. The second-order valence-corrected chi connectivity index (χ2v) is 4.01. The van der Waals surface area contributed by atoms with Crippen LogP contribution in [0.25, 0.3) is 0 Å². The van der Waals surface area contributed by atoms with Crippen molar-refractivity contribution in [3.8, 4) is 0 Å².